The Labute approximate surface area is 377 Å². The van der Waals surface area contributed by atoms with Gasteiger partial charge in [0.05, 0.1) is 40.8 Å². The van der Waals surface area contributed by atoms with E-state index in [0.29, 0.717) is 11.1 Å². The molecule has 0 amide bonds. The number of hydrogen-bond donors (Lipinski definition) is 2. The van der Waals surface area contributed by atoms with E-state index in [-0.39, 0.29) is 54.1 Å². The van der Waals surface area contributed by atoms with E-state index in [1.807, 2.05) is 27.7 Å². The van der Waals surface area contributed by atoms with Gasteiger partial charge in [-0.25, -0.2) is 52.7 Å². The Morgan fingerprint density at radius 3 is 1.29 bits per heavy atom. The number of alkyl halides is 3. The molecule has 4 N–H and O–H groups in total. The highest BCUT2D eigenvalue weighted by Crippen LogP contribution is 2.26. The van der Waals surface area contributed by atoms with Crippen molar-refractivity contribution in [3.8, 4) is 35.2 Å². The minimum absolute atomic E-state index is 0.0178. The van der Waals surface area contributed by atoms with Crippen molar-refractivity contribution in [3.63, 3.8) is 0 Å². The number of sulfone groups is 2. The van der Waals surface area contributed by atoms with Crippen molar-refractivity contribution in [2.24, 2.45) is 22.1 Å². The minimum atomic E-state index is -4.37. The van der Waals surface area contributed by atoms with Gasteiger partial charge in [-0.1, -0.05) is 75.6 Å². The first kappa shape index (κ1) is 53.8. The Morgan fingerprint density at radius 1 is 0.585 bits per heavy atom. The molecule has 0 fully saturated rings. The lowest BCUT2D eigenvalue weighted by atomic mass is 10.1. The van der Waals surface area contributed by atoms with Crippen molar-refractivity contribution >= 4 is 51.3 Å². The van der Waals surface area contributed by atoms with E-state index in [1.165, 1.54) is 60.7 Å². The number of carbonyl (C=O) groups is 2. The normalized spacial score (nSPS) is 11.8. The summed E-state index contributed by atoms with van der Waals surface area (Å²) < 4.78 is 146. The van der Waals surface area contributed by atoms with Crippen LogP contribution in [0.25, 0.3) is 0 Å². The smallest absolute Gasteiger partial charge is 0.241 e. The van der Waals surface area contributed by atoms with Crippen molar-refractivity contribution in [3.05, 3.63) is 107 Å². The van der Waals surface area contributed by atoms with E-state index >= 15 is 0 Å². The molecule has 4 aromatic carbocycles. The molecule has 0 atom stereocenters. The van der Waals surface area contributed by atoms with Gasteiger partial charge < -0.3 is 9.47 Å². The average Bonchev–Trinajstić information content (AvgIpc) is 3.21. The molecule has 21 heteroatoms. The number of benzene rings is 4. The van der Waals surface area contributed by atoms with Crippen LogP contribution in [0.5, 0.6) is 11.5 Å². The zero-order valence-electron chi connectivity index (χ0n) is 35.6. The molecule has 0 spiro atoms. The first-order valence-corrected chi connectivity index (χ1v) is 25.8. The molecule has 0 aliphatic rings. The Morgan fingerprint density at radius 2 is 0.954 bits per heavy atom. The predicted molar refractivity (Wildman–Crippen MR) is 237 cm³/mol. The maximum absolute atomic E-state index is 12.8. The van der Waals surface area contributed by atoms with Gasteiger partial charge in [0.15, 0.2) is 31.2 Å². The first-order chi connectivity index (χ1) is 30.3. The second kappa shape index (κ2) is 23.6. The zero-order valence-corrected chi connectivity index (χ0v) is 38.9. The summed E-state index contributed by atoms with van der Waals surface area (Å²) in [6, 6.07) is 17.8. The Kier molecular flexibility index (Phi) is 19.5. The number of nitrogens with two attached hydrogens (primary N) is 2. The highest BCUT2D eigenvalue weighted by atomic mass is 32.2. The van der Waals surface area contributed by atoms with Crippen LogP contribution in [0.1, 0.15) is 72.4 Å². The lowest BCUT2D eigenvalue weighted by Gasteiger charge is -2.11. The number of ether oxygens (including phenoxy) is 2. The van der Waals surface area contributed by atoms with Crippen LogP contribution in [-0.4, -0.2) is 83.1 Å². The van der Waals surface area contributed by atoms with E-state index in [0.717, 1.165) is 24.3 Å². The number of ketones is 2. The third kappa shape index (κ3) is 16.8. The molecular formula is C44H47F3N2O12S4. The molecule has 0 aliphatic carbocycles. The van der Waals surface area contributed by atoms with Crippen LogP contribution in [0.15, 0.2) is 105 Å². The van der Waals surface area contributed by atoms with E-state index < -0.39 is 102 Å². The van der Waals surface area contributed by atoms with Gasteiger partial charge in [0.25, 0.3) is 0 Å². The fraction of sp³-hybridized carbons (Fsp3) is 0.318. The summed E-state index contributed by atoms with van der Waals surface area (Å²) in [6.45, 7) is 6.67. The molecule has 0 saturated carbocycles. The van der Waals surface area contributed by atoms with Crippen LogP contribution in [0.4, 0.5) is 13.2 Å². The zero-order chi connectivity index (χ0) is 48.8. The second-order valence-corrected chi connectivity index (χ2v) is 21.5. The summed E-state index contributed by atoms with van der Waals surface area (Å²) in [4.78, 5) is 23.1. The van der Waals surface area contributed by atoms with Crippen molar-refractivity contribution < 1.29 is 65.9 Å². The lowest BCUT2D eigenvalue weighted by Crippen LogP contribution is -2.21. The van der Waals surface area contributed by atoms with Crippen molar-refractivity contribution in [1.29, 1.82) is 0 Å². The molecule has 0 aromatic heterocycles. The van der Waals surface area contributed by atoms with E-state index in [4.69, 9.17) is 19.8 Å². The third-order valence-electron chi connectivity index (χ3n) is 8.35. The highest BCUT2D eigenvalue weighted by Gasteiger charge is 2.29. The third-order valence-corrected chi connectivity index (χ3v) is 13.9. The number of primary sulfonamides is 2. The van der Waals surface area contributed by atoms with Crippen LogP contribution in [0.3, 0.4) is 0 Å². The number of Topliss-reactive ketones (excluding diaryl/α,β-unsaturated/α-hetero) is 2. The van der Waals surface area contributed by atoms with Gasteiger partial charge in [0, 0.05) is 35.8 Å². The summed E-state index contributed by atoms with van der Waals surface area (Å²) in [7, 11) is -17.3. The molecule has 4 rings (SSSR count). The van der Waals surface area contributed by atoms with Gasteiger partial charge in [-0.05, 0) is 60.7 Å². The summed E-state index contributed by atoms with van der Waals surface area (Å²) in [5.74, 6) is 8.42. The van der Waals surface area contributed by atoms with Gasteiger partial charge in [-0.3, -0.25) is 14.0 Å². The fourth-order valence-corrected chi connectivity index (χ4v) is 10.7. The van der Waals surface area contributed by atoms with E-state index in [9.17, 15) is 56.4 Å². The number of sulfonamides is 2. The molecule has 0 unspecified atom stereocenters. The van der Waals surface area contributed by atoms with Crippen LogP contribution >= 0.6 is 0 Å². The molecule has 65 heavy (non-hydrogen) atoms. The molecular weight excluding hydrogens is 934 g/mol. The Hall–Kier alpha value is -5.55. The van der Waals surface area contributed by atoms with E-state index in [1.54, 1.807) is 0 Å². The van der Waals surface area contributed by atoms with Crippen LogP contribution in [0, 0.1) is 35.5 Å². The maximum Gasteiger partial charge on any atom is 0.241 e. The standard InChI is InChI=1S/C22H23F2NO6S2.C22H24FNO6S2/c1-15(2)7-8-16-9-10-17(13-19(16)31-12-11-22(23)24)18(26)14-32(27,28)20-5-3-4-6-21(20)33(25,29)30;1-16(2)8-9-17-10-11-18(14-20(17)30-13-5-12-23)19(25)15-31(26,27)21-6-3-4-7-22(21)32(24,28)29/h3-6,9-10,13,15,22H,11-12,14H2,1-2H3,(H2,25,29,30);3-4,6-7,10-11,14,16H,5,12-13,15H2,1-2H3,(H2,24,28,29). The molecule has 14 nitrogen and oxygen atoms in total. The van der Waals surface area contributed by atoms with Gasteiger partial charge in [0.2, 0.25) is 26.5 Å². The largest absolute Gasteiger partial charge is 0.492 e. The summed E-state index contributed by atoms with van der Waals surface area (Å²) in [5, 5.41) is 10.2. The monoisotopic (exact) mass is 980 g/mol. The average molecular weight is 981 g/mol. The molecule has 0 radical (unpaired) electrons. The molecule has 350 valence electrons. The van der Waals surface area contributed by atoms with Gasteiger partial charge in [-0.2, -0.15) is 0 Å². The van der Waals surface area contributed by atoms with E-state index in [2.05, 4.69) is 23.7 Å². The summed E-state index contributed by atoms with van der Waals surface area (Å²) in [5.41, 5.74) is 0.814. The molecule has 0 saturated heterocycles. The molecule has 0 bridgehead atoms. The number of halogens is 3. The summed E-state index contributed by atoms with van der Waals surface area (Å²) in [6.07, 6.45) is -2.97. The lowest BCUT2D eigenvalue weighted by molar-refractivity contribution is 0.101. The van der Waals surface area contributed by atoms with Crippen molar-refractivity contribution in [2.75, 3.05) is 31.4 Å². The van der Waals surface area contributed by atoms with Crippen molar-refractivity contribution in [2.45, 2.75) is 66.5 Å². The molecule has 0 heterocycles. The molecule has 4 aromatic rings. The van der Waals surface area contributed by atoms with Crippen LogP contribution in [-0.2, 0) is 39.7 Å². The van der Waals surface area contributed by atoms with Crippen molar-refractivity contribution in [1.82, 2.24) is 0 Å². The van der Waals surface area contributed by atoms with Gasteiger partial charge in [0.1, 0.15) is 32.8 Å². The number of hydrogen-bond acceptors (Lipinski definition) is 12. The SMILES string of the molecule is CC(C)C#Cc1ccc(C(=O)CS(=O)(=O)c2ccccc2S(N)(=O)=O)cc1OCCC(F)F.CC(C)C#Cc1ccc(C(=O)CS(=O)(=O)c2ccccc2S(N)(=O)=O)cc1OCCCF. The maximum atomic E-state index is 12.8. The minimum Gasteiger partial charge on any atom is -0.492 e. The molecule has 0 aliphatic heterocycles. The number of rotatable bonds is 18. The van der Waals surface area contributed by atoms with Gasteiger partial charge in [-0.15, -0.1) is 0 Å². The quantitative estimate of drug-likeness (QED) is 0.0686. The van der Waals surface area contributed by atoms with Crippen LogP contribution < -0.4 is 19.8 Å². The first-order valence-electron chi connectivity index (χ1n) is 19.4. The highest BCUT2D eigenvalue weighted by molar-refractivity contribution is 7.94. The van der Waals surface area contributed by atoms with Crippen LogP contribution in [0.2, 0.25) is 0 Å². The Bertz CT molecular complexity index is 2950. The predicted octanol–water partition coefficient (Wildman–Crippen LogP) is 5.77. The van der Waals surface area contributed by atoms with Gasteiger partial charge >= 0.3 is 0 Å². The summed E-state index contributed by atoms with van der Waals surface area (Å²) >= 11 is 0. The Balaban J connectivity index is 0.000000345. The topological polar surface area (TPSA) is 241 Å². The number of carbonyl (C=O) groups excluding carboxylic acids is 2. The fourth-order valence-electron chi connectivity index (χ4n) is 5.33. The second-order valence-electron chi connectivity index (χ2n) is 14.5.